The summed E-state index contributed by atoms with van der Waals surface area (Å²) in [6.45, 7) is 10.4. The fourth-order valence-electron chi connectivity index (χ4n) is 6.75. The summed E-state index contributed by atoms with van der Waals surface area (Å²) in [6.07, 6.45) is 8.39. The molecule has 4 nitrogen and oxygen atoms in total. The smallest absolute Gasteiger partial charge is 0.310 e. The number of esters is 1. The molecular formula is C29H37NO3. The molecule has 1 N–H and O–H groups in total. The SMILES string of the molecule is C=C1CCC[C@]2(C)C[C@H]3OC(=O)[C@H](CNCC[C@H](c4ccc(C)cc4)c4ccco4)[C@@H]3C[C@H]12. The number of carbonyl (C=O) groups is 1. The Labute approximate surface area is 197 Å². The molecule has 1 aliphatic heterocycles. The zero-order chi connectivity index (χ0) is 23.0. The topological polar surface area (TPSA) is 51.5 Å². The molecule has 6 atom stereocenters. The van der Waals surface area contributed by atoms with Gasteiger partial charge in [0.15, 0.2) is 0 Å². The van der Waals surface area contributed by atoms with Crippen LogP contribution in [0.15, 0.2) is 59.2 Å². The van der Waals surface area contributed by atoms with Crippen molar-refractivity contribution in [2.45, 2.75) is 64.4 Å². The van der Waals surface area contributed by atoms with Crippen LogP contribution >= 0.6 is 0 Å². The lowest BCUT2D eigenvalue weighted by Crippen LogP contribution is -2.45. The van der Waals surface area contributed by atoms with Crippen LogP contribution in [0.2, 0.25) is 0 Å². The Balaban J connectivity index is 1.21. The summed E-state index contributed by atoms with van der Waals surface area (Å²) in [5.41, 5.74) is 4.17. The Morgan fingerprint density at radius 2 is 2.06 bits per heavy atom. The average molecular weight is 448 g/mol. The number of aryl methyl sites for hydroxylation is 1. The van der Waals surface area contributed by atoms with Crippen LogP contribution in [-0.4, -0.2) is 25.2 Å². The van der Waals surface area contributed by atoms with Crippen LogP contribution in [0.1, 0.15) is 68.3 Å². The van der Waals surface area contributed by atoms with E-state index >= 15 is 0 Å². The minimum absolute atomic E-state index is 0.00789. The number of furan rings is 1. The summed E-state index contributed by atoms with van der Waals surface area (Å²) < 4.78 is 11.7. The van der Waals surface area contributed by atoms with E-state index in [0.29, 0.717) is 18.4 Å². The fraction of sp³-hybridized carbons (Fsp3) is 0.552. The number of hydrogen-bond donors (Lipinski definition) is 1. The van der Waals surface area contributed by atoms with E-state index < -0.39 is 0 Å². The second kappa shape index (κ2) is 9.13. The maximum Gasteiger partial charge on any atom is 0.310 e. The molecule has 5 rings (SSSR count). The molecule has 1 saturated heterocycles. The highest BCUT2D eigenvalue weighted by Gasteiger charge is 2.54. The lowest BCUT2D eigenvalue weighted by atomic mass is 9.55. The van der Waals surface area contributed by atoms with E-state index in [0.717, 1.165) is 38.0 Å². The van der Waals surface area contributed by atoms with Crippen molar-refractivity contribution in [3.63, 3.8) is 0 Å². The quantitative estimate of drug-likeness (QED) is 0.321. The van der Waals surface area contributed by atoms with Crippen LogP contribution in [-0.2, 0) is 9.53 Å². The number of hydrogen-bond acceptors (Lipinski definition) is 4. The van der Waals surface area contributed by atoms with E-state index in [2.05, 4.69) is 56.1 Å². The molecule has 0 unspecified atom stereocenters. The molecule has 33 heavy (non-hydrogen) atoms. The number of allylic oxidation sites excluding steroid dienone is 1. The lowest BCUT2D eigenvalue weighted by molar-refractivity contribution is -0.146. The first-order chi connectivity index (χ1) is 15.9. The normalized spacial score (nSPS) is 32.2. The second-order valence-corrected chi connectivity index (χ2v) is 10.9. The summed E-state index contributed by atoms with van der Waals surface area (Å²) in [5.74, 6) is 1.99. The highest BCUT2D eigenvalue weighted by molar-refractivity contribution is 5.75. The van der Waals surface area contributed by atoms with Crippen LogP contribution in [0.4, 0.5) is 0 Å². The van der Waals surface area contributed by atoms with Crippen molar-refractivity contribution in [2.75, 3.05) is 13.1 Å². The number of nitrogens with one attached hydrogen (secondary N) is 1. The van der Waals surface area contributed by atoms with Gasteiger partial charge in [0.25, 0.3) is 0 Å². The van der Waals surface area contributed by atoms with Gasteiger partial charge >= 0.3 is 5.97 Å². The van der Waals surface area contributed by atoms with Crippen LogP contribution in [0.25, 0.3) is 0 Å². The van der Waals surface area contributed by atoms with Crippen molar-refractivity contribution in [2.24, 2.45) is 23.2 Å². The van der Waals surface area contributed by atoms with E-state index in [4.69, 9.17) is 9.15 Å². The Bertz CT molecular complexity index is 979. The molecule has 2 aliphatic carbocycles. The van der Waals surface area contributed by atoms with Gasteiger partial charge in [0.1, 0.15) is 11.9 Å². The maximum absolute atomic E-state index is 12.8. The van der Waals surface area contributed by atoms with Gasteiger partial charge in [0.05, 0.1) is 12.2 Å². The fourth-order valence-corrected chi connectivity index (χ4v) is 6.75. The predicted molar refractivity (Wildman–Crippen MR) is 130 cm³/mol. The second-order valence-electron chi connectivity index (χ2n) is 10.9. The monoisotopic (exact) mass is 447 g/mol. The summed E-state index contributed by atoms with van der Waals surface area (Å²) in [6, 6.07) is 12.7. The molecule has 176 valence electrons. The van der Waals surface area contributed by atoms with Gasteiger partial charge in [0.2, 0.25) is 0 Å². The average Bonchev–Trinajstić information content (AvgIpc) is 3.41. The van der Waals surface area contributed by atoms with E-state index in [1.807, 2.05) is 6.07 Å². The number of ether oxygens (including phenoxy) is 1. The largest absolute Gasteiger partial charge is 0.469 e. The van der Waals surface area contributed by atoms with Gasteiger partial charge in [-0.05, 0) is 81.0 Å². The maximum atomic E-state index is 12.8. The van der Waals surface area contributed by atoms with Crippen LogP contribution < -0.4 is 5.32 Å². The van der Waals surface area contributed by atoms with Crippen molar-refractivity contribution < 1.29 is 13.9 Å². The zero-order valence-electron chi connectivity index (χ0n) is 20.0. The number of benzene rings is 1. The van der Waals surface area contributed by atoms with Crippen molar-refractivity contribution in [1.82, 2.24) is 5.32 Å². The summed E-state index contributed by atoms with van der Waals surface area (Å²) in [4.78, 5) is 12.8. The zero-order valence-corrected chi connectivity index (χ0v) is 20.0. The first-order valence-corrected chi connectivity index (χ1v) is 12.6. The Morgan fingerprint density at radius 1 is 1.24 bits per heavy atom. The molecule has 2 aromatic rings. The van der Waals surface area contributed by atoms with Crippen molar-refractivity contribution in [1.29, 1.82) is 0 Å². The third kappa shape index (κ3) is 4.42. The summed E-state index contributed by atoms with van der Waals surface area (Å²) >= 11 is 0. The van der Waals surface area contributed by atoms with E-state index in [9.17, 15) is 4.79 Å². The van der Waals surface area contributed by atoms with Crippen molar-refractivity contribution >= 4 is 5.97 Å². The Morgan fingerprint density at radius 3 is 2.82 bits per heavy atom. The number of carbonyl (C=O) groups excluding carboxylic acids is 1. The lowest BCUT2D eigenvalue weighted by Gasteiger charge is -2.50. The minimum atomic E-state index is -0.0456. The Kier molecular flexibility index (Phi) is 6.22. The van der Waals surface area contributed by atoms with E-state index in [-0.39, 0.29) is 29.3 Å². The van der Waals surface area contributed by atoms with Gasteiger partial charge in [-0.25, -0.2) is 0 Å². The molecule has 0 radical (unpaired) electrons. The minimum Gasteiger partial charge on any atom is -0.469 e. The summed E-state index contributed by atoms with van der Waals surface area (Å²) in [7, 11) is 0. The molecule has 1 aromatic heterocycles. The summed E-state index contributed by atoms with van der Waals surface area (Å²) in [5, 5.41) is 3.59. The molecule has 0 spiro atoms. The van der Waals surface area contributed by atoms with E-state index in [1.165, 1.54) is 29.5 Å². The van der Waals surface area contributed by atoms with Crippen LogP contribution in [0, 0.1) is 30.1 Å². The third-order valence-electron chi connectivity index (χ3n) is 8.66. The van der Waals surface area contributed by atoms with Gasteiger partial charge in [-0.15, -0.1) is 0 Å². The van der Waals surface area contributed by atoms with Crippen molar-refractivity contribution in [3.8, 4) is 0 Å². The highest BCUT2D eigenvalue weighted by atomic mass is 16.6. The van der Waals surface area contributed by atoms with Gasteiger partial charge in [-0.3, -0.25) is 4.79 Å². The number of fused-ring (bicyclic) bond motifs is 2. The van der Waals surface area contributed by atoms with Gasteiger partial charge in [-0.1, -0.05) is 48.9 Å². The predicted octanol–water partition coefficient (Wildman–Crippen LogP) is 6.01. The first-order valence-electron chi connectivity index (χ1n) is 12.6. The molecular weight excluding hydrogens is 410 g/mol. The Hall–Kier alpha value is -2.33. The van der Waals surface area contributed by atoms with Gasteiger partial charge < -0.3 is 14.5 Å². The van der Waals surface area contributed by atoms with Gasteiger partial charge in [-0.2, -0.15) is 0 Å². The molecule has 0 bridgehead atoms. The molecule has 2 saturated carbocycles. The highest BCUT2D eigenvalue weighted by Crippen LogP contribution is 2.56. The van der Waals surface area contributed by atoms with Crippen molar-refractivity contribution in [3.05, 3.63) is 71.7 Å². The standard InChI is InChI=1S/C29H37NO3/c1-19-8-10-21(11-9-19)22(26-7-5-15-32-26)12-14-30-18-24-23-16-25-20(2)6-4-13-29(25,3)17-27(23)33-28(24)31/h5,7-11,15,22-25,27,30H,2,4,6,12-14,16-18H2,1,3H3/t22-,23+,24-,25-,27-,29-/m1/s1. The molecule has 0 amide bonds. The number of rotatable bonds is 7. The van der Waals surface area contributed by atoms with Crippen LogP contribution in [0.3, 0.4) is 0 Å². The van der Waals surface area contributed by atoms with Gasteiger partial charge in [0, 0.05) is 18.4 Å². The molecule has 3 aliphatic rings. The van der Waals surface area contributed by atoms with E-state index in [1.54, 1.807) is 6.26 Å². The molecule has 2 heterocycles. The molecule has 3 fully saturated rings. The molecule has 4 heteroatoms. The first kappa shape index (κ1) is 22.5. The third-order valence-corrected chi connectivity index (χ3v) is 8.66. The molecule has 1 aromatic carbocycles. The van der Waals surface area contributed by atoms with Crippen LogP contribution in [0.5, 0.6) is 0 Å².